The summed E-state index contributed by atoms with van der Waals surface area (Å²) in [7, 11) is 0. The van der Waals surface area contributed by atoms with E-state index in [0.29, 0.717) is 16.7 Å². The van der Waals surface area contributed by atoms with E-state index in [0.717, 1.165) is 22.3 Å². The average molecular weight is 763 g/mol. The molecule has 1 aliphatic carbocycles. The third-order valence-corrected chi connectivity index (χ3v) is 9.63. The van der Waals surface area contributed by atoms with Crippen LogP contribution in [0.2, 0.25) is 0 Å². The first-order valence-electron chi connectivity index (χ1n) is 17.4. The van der Waals surface area contributed by atoms with Crippen LogP contribution in [0.5, 0.6) is 5.75 Å². The average Bonchev–Trinajstić information content (AvgIpc) is 3.56. The fraction of sp³-hybridized carbons (Fsp3) is 0.114. The van der Waals surface area contributed by atoms with Gasteiger partial charge in [0.05, 0.1) is 6.42 Å². The van der Waals surface area contributed by atoms with Crippen LogP contribution in [0.3, 0.4) is 0 Å². The van der Waals surface area contributed by atoms with Crippen molar-refractivity contribution in [3.8, 4) is 16.9 Å². The summed E-state index contributed by atoms with van der Waals surface area (Å²) >= 11 is 0. The van der Waals surface area contributed by atoms with Gasteiger partial charge in [0.1, 0.15) is 18.2 Å². The van der Waals surface area contributed by atoms with Crippen molar-refractivity contribution in [1.29, 1.82) is 0 Å². The monoisotopic (exact) mass is 762 g/mol. The van der Waals surface area contributed by atoms with Crippen LogP contribution in [0.4, 0.5) is 26.7 Å². The highest BCUT2D eigenvalue weighted by molar-refractivity contribution is 5.90. The third kappa shape index (κ3) is 7.08. The van der Waals surface area contributed by atoms with Gasteiger partial charge in [-0.05, 0) is 38.9 Å². The predicted molar refractivity (Wildman–Crippen MR) is 196 cm³/mol. The number of fused-ring (bicyclic) bond motifs is 3. The number of carbonyl (C=O) groups excluding carboxylic acids is 3. The molecule has 7 rings (SSSR count). The normalized spacial score (nSPS) is 12.6. The summed E-state index contributed by atoms with van der Waals surface area (Å²) in [4.78, 5) is 41.3. The fourth-order valence-corrected chi connectivity index (χ4v) is 7.05. The summed E-state index contributed by atoms with van der Waals surface area (Å²) < 4.78 is 81.7. The zero-order valence-electron chi connectivity index (χ0n) is 29.3. The molecule has 1 aliphatic rings. The lowest BCUT2D eigenvalue weighted by atomic mass is 9.77. The molecule has 1 atom stereocenters. The summed E-state index contributed by atoms with van der Waals surface area (Å²) in [5, 5.41) is 5.21. The number of ether oxygens (including phenoxy) is 2. The number of amides is 2. The van der Waals surface area contributed by atoms with E-state index in [-0.39, 0.29) is 6.61 Å². The number of halogens is 5. The molecule has 0 spiro atoms. The maximum Gasteiger partial charge on any atom is 0.407 e. The highest BCUT2D eigenvalue weighted by Crippen LogP contribution is 2.44. The van der Waals surface area contributed by atoms with Gasteiger partial charge in [-0.3, -0.25) is 4.79 Å². The van der Waals surface area contributed by atoms with Crippen molar-refractivity contribution in [2.45, 2.75) is 23.9 Å². The number of rotatable bonds is 11. The summed E-state index contributed by atoms with van der Waals surface area (Å²) in [5.41, 5.74) is 4.07. The summed E-state index contributed by atoms with van der Waals surface area (Å²) in [6.07, 6.45) is -2.15. The van der Waals surface area contributed by atoms with Gasteiger partial charge in [-0.15, -0.1) is 0 Å². The molecule has 0 aliphatic heterocycles. The standard InChI is InChI=1S/C44H31F5N2O5/c45-36-37(46)39(48)41(40(49)38(36)47)56-42(53)34(50-43(54)55-25-33-31-22-12-10-20-29(31)30-21-11-13-23-32(30)33)24-35(52)51-44(26-14-4-1-5-15-26,27-16-6-2-7-17-27)28-18-8-3-9-19-28/h1-23,33-34H,24-25H2,(H,50,54)(H,51,52). The minimum atomic E-state index is -2.47. The molecule has 56 heavy (non-hydrogen) atoms. The molecule has 0 heterocycles. The largest absolute Gasteiger partial charge is 0.449 e. The van der Waals surface area contributed by atoms with Gasteiger partial charge >= 0.3 is 12.1 Å². The predicted octanol–water partition coefficient (Wildman–Crippen LogP) is 8.69. The molecule has 6 aromatic rings. The second-order valence-electron chi connectivity index (χ2n) is 12.9. The number of hydrogen-bond acceptors (Lipinski definition) is 5. The Morgan fingerprint density at radius 2 is 0.982 bits per heavy atom. The minimum absolute atomic E-state index is 0.218. The van der Waals surface area contributed by atoms with Crippen LogP contribution < -0.4 is 15.4 Å². The Labute approximate surface area is 317 Å². The second kappa shape index (κ2) is 15.9. The zero-order chi connectivity index (χ0) is 39.4. The Morgan fingerprint density at radius 3 is 1.45 bits per heavy atom. The van der Waals surface area contributed by atoms with Crippen molar-refractivity contribution in [3.05, 3.63) is 196 Å². The van der Waals surface area contributed by atoms with Gasteiger partial charge in [0, 0.05) is 5.92 Å². The summed E-state index contributed by atoms with van der Waals surface area (Å²) in [6, 6.07) is 39.7. The molecular formula is C44H31F5N2O5. The number of carbonyl (C=O) groups is 3. The number of nitrogens with one attached hydrogen (secondary N) is 2. The molecule has 1 unspecified atom stereocenters. The van der Waals surface area contributed by atoms with E-state index in [1.807, 2.05) is 48.5 Å². The Balaban J connectivity index is 1.20. The summed E-state index contributed by atoms with van der Waals surface area (Å²) in [6.45, 7) is -0.218. The van der Waals surface area contributed by atoms with Gasteiger partial charge in [-0.1, -0.05) is 140 Å². The van der Waals surface area contributed by atoms with E-state index in [4.69, 9.17) is 9.47 Å². The Bertz CT molecular complexity index is 2240. The first-order valence-corrected chi connectivity index (χ1v) is 17.4. The number of hydrogen-bond donors (Lipinski definition) is 2. The van der Waals surface area contributed by atoms with Crippen molar-refractivity contribution in [2.75, 3.05) is 6.61 Å². The van der Waals surface area contributed by atoms with Gasteiger partial charge in [-0.2, -0.15) is 8.78 Å². The van der Waals surface area contributed by atoms with Crippen LogP contribution in [-0.2, 0) is 19.9 Å². The highest BCUT2D eigenvalue weighted by atomic mass is 19.2. The maximum absolute atomic E-state index is 14.7. The van der Waals surface area contributed by atoms with Crippen LogP contribution in [-0.4, -0.2) is 30.6 Å². The third-order valence-electron chi connectivity index (χ3n) is 9.63. The van der Waals surface area contributed by atoms with Crippen LogP contribution >= 0.6 is 0 Å². The van der Waals surface area contributed by atoms with Crippen LogP contribution in [0.15, 0.2) is 140 Å². The van der Waals surface area contributed by atoms with Crippen molar-refractivity contribution >= 4 is 18.0 Å². The zero-order valence-corrected chi connectivity index (χ0v) is 29.3. The van der Waals surface area contributed by atoms with Gasteiger partial charge in [0.25, 0.3) is 0 Å². The maximum atomic E-state index is 14.7. The van der Waals surface area contributed by atoms with Crippen molar-refractivity contribution in [3.63, 3.8) is 0 Å². The smallest absolute Gasteiger partial charge is 0.407 e. The Morgan fingerprint density at radius 1 is 0.571 bits per heavy atom. The Kier molecular flexibility index (Phi) is 10.6. The number of benzene rings is 6. The van der Waals surface area contributed by atoms with Crippen molar-refractivity contribution in [1.82, 2.24) is 10.6 Å². The lowest BCUT2D eigenvalue weighted by molar-refractivity contribution is -0.139. The van der Waals surface area contributed by atoms with Crippen molar-refractivity contribution in [2.24, 2.45) is 0 Å². The fourth-order valence-electron chi connectivity index (χ4n) is 7.05. The summed E-state index contributed by atoms with van der Waals surface area (Å²) in [5.74, 6) is -16.9. The van der Waals surface area contributed by atoms with Gasteiger partial charge in [0.2, 0.25) is 40.7 Å². The van der Waals surface area contributed by atoms with Crippen LogP contribution in [0.1, 0.15) is 40.2 Å². The van der Waals surface area contributed by atoms with E-state index in [1.54, 1.807) is 91.0 Å². The Hall–Kier alpha value is -6.82. The molecule has 0 fully saturated rings. The van der Waals surface area contributed by atoms with Gasteiger partial charge in [0.15, 0.2) is 0 Å². The quantitative estimate of drug-likeness (QED) is 0.0344. The first kappa shape index (κ1) is 37.5. The number of esters is 1. The molecule has 2 N–H and O–H groups in total. The van der Waals surface area contributed by atoms with E-state index in [9.17, 15) is 36.3 Å². The molecular weight excluding hydrogens is 731 g/mol. The first-order chi connectivity index (χ1) is 27.1. The molecule has 0 saturated heterocycles. The molecule has 2 amide bonds. The lowest BCUT2D eigenvalue weighted by Crippen LogP contribution is -2.51. The van der Waals surface area contributed by atoms with Gasteiger partial charge in [-0.25, -0.2) is 22.8 Å². The lowest BCUT2D eigenvalue weighted by Gasteiger charge is -2.37. The molecule has 7 nitrogen and oxygen atoms in total. The van der Waals surface area contributed by atoms with Crippen molar-refractivity contribution < 1.29 is 45.8 Å². The SMILES string of the molecule is O=C(CC(NC(=O)OCC1c2ccccc2-c2ccccc21)C(=O)Oc1c(F)c(F)c(F)c(F)c1F)NC(c1ccccc1)(c1ccccc1)c1ccccc1. The molecule has 12 heteroatoms. The highest BCUT2D eigenvalue weighted by Gasteiger charge is 2.40. The van der Waals surface area contributed by atoms with E-state index in [2.05, 4.69) is 10.6 Å². The van der Waals surface area contributed by atoms with E-state index < -0.39 is 76.7 Å². The molecule has 0 radical (unpaired) electrons. The second-order valence-corrected chi connectivity index (χ2v) is 12.9. The molecule has 0 bridgehead atoms. The van der Waals surface area contributed by atoms with Crippen LogP contribution in [0, 0.1) is 29.1 Å². The topological polar surface area (TPSA) is 93.7 Å². The van der Waals surface area contributed by atoms with Crippen LogP contribution in [0.25, 0.3) is 11.1 Å². The molecule has 6 aromatic carbocycles. The van der Waals surface area contributed by atoms with E-state index in [1.165, 1.54) is 0 Å². The number of alkyl carbamates (subject to hydrolysis) is 1. The molecule has 0 saturated carbocycles. The molecule has 282 valence electrons. The minimum Gasteiger partial charge on any atom is -0.449 e. The van der Waals surface area contributed by atoms with Gasteiger partial charge < -0.3 is 20.1 Å². The van der Waals surface area contributed by atoms with E-state index >= 15 is 0 Å². The molecule has 0 aromatic heterocycles.